The second-order valence-corrected chi connectivity index (χ2v) is 10.2. The van der Waals surface area contributed by atoms with Gasteiger partial charge >= 0.3 is 0 Å². The van der Waals surface area contributed by atoms with Crippen LogP contribution in [0.4, 0.5) is 0 Å². The number of allylic oxidation sites excluding steroid dienone is 2. The summed E-state index contributed by atoms with van der Waals surface area (Å²) in [7, 11) is 0.878. The van der Waals surface area contributed by atoms with Crippen molar-refractivity contribution in [2.45, 2.75) is 42.5 Å². The van der Waals surface area contributed by atoms with Crippen LogP contribution < -0.4 is 0 Å². The van der Waals surface area contributed by atoms with Crippen LogP contribution in [0.15, 0.2) is 12.2 Å². The summed E-state index contributed by atoms with van der Waals surface area (Å²) in [5, 5.41) is 0. The average Bonchev–Trinajstić information content (AvgIpc) is 2.71. The molecule has 2 rings (SSSR count). The third kappa shape index (κ3) is 3.50. The van der Waals surface area contributed by atoms with Crippen molar-refractivity contribution >= 4 is 33.4 Å². The molecule has 2 bridgehead atoms. The van der Waals surface area contributed by atoms with E-state index in [-0.39, 0.29) is 3.96 Å². The molecule has 0 aromatic carbocycles. The number of fused-ring (bicyclic) bond motifs is 2. The van der Waals surface area contributed by atoms with E-state index in [2.05, 4.69) is 12.2 Å². The fraction of sp³-hybridized carbons (Fsp3) is 0.833. The molecule has 0 nitrogen and oxygen atoms in total. The SMILES string of the molecule is [SiH3]C(Cl)(Cl)CCCCC1CC2C=CC1C2. The summed E-state index contributed by atoms with van der Waals surface area (Å²) in [6, 6.07) is 0. The monoisotopic (exact) mass is 262 g/mol. The Morgan fingerprint density at radius 1 is 1.20 bits per heavy atom. The Balaban J connectivity index is 1.61. The van der Waals surface area contributed by atoms with Crippen LogP contribution in [0.3, 0.4) is 0 Å². The van der Waals surface area contributed by atoms with Gasteiger partial charge in [0.2, 0.25) is 0 Å². The molecule has 15 heavy (non-hydrogen) atoms. The van der Waals surface area contributed by atoms with Gasteiger partial charge < -0.3 is 0 Å². The van der Waals surface area contributed by atoms with Gasteiger partial charge in [0.25, 0.3) is 0 Å². The zero-order valence-corrected chi connectivity index (χ0v) is 12.9. The van der Waals surface area contributed by atoms with Crippen molar-refractivity contribution in [3.63, 3.8) is 0 Å². The molecule has 0 spiro atoms. The van der Waals surface area contributed by atoms with E-state index in [4.69, 9.17) is 23.2 Å². The molecular weight excluding hydrogens is 243 g/mol. The molecule has 3 heteroatoms. The van der Waals surface area contributed by atoms with Gasteiger partial charge in [-0.1, -0.05) is 25.0 Å². The molecule has 0 N–H and O–H groups in total. The second-order valence-electron chi connectivity index (χ2n) is 5.36. The van der Waals surface area contributed by atoms with Crippen molar-refractivity contribution in [2.24, 2.45) is 17.8 Å². The maximum Gasteiger partial charge on any atom is 0.0972 e. The third-order valence-corrected chi connectivity index (χ3v) is 4.74. The number of hydrogen-bond acceptors (Lipinski definition) is 0. The first kappa shape index (κ1) is 12.0. The highest BCUT2D eigenvalue weighted by atomic mass is 35.5. The molecule has 0 aromatic heterocycles. The van der Waals surface area contributed by atoms with E-state index in [0.717, 1.165) is 34.4 Å². The lowest BCUT2D eigenvalue weighted by Gasteiger charge is -2.18. The molecule has 0 radical (unpaired) electrons. The lowest BCUT2D eigenvalue weighted by Crippen LogP contribution is -2.12. The molecular formula is C12H20Cl2Si. The molecule has 86 valence electrons. The van der Waals surface area contributed by atoms with Gasteiger partial charge in [-0.05, 0) is 43.4 Å². The zero-order valence-electron chi connectivity index (χ0n) is 9.39. The highest BCUT2D eigenvalue weighted by Crippen LogP contribution is 2.45. The van der Waals surface area contributed by atoms with Crippen LogP contribution in [0, 0.1) is 17.8 Å². The van der Waals surface area contributed by atoms with Crippen LogP contribution in [0.5, 0.6) is 0 Å². The molecule has 1 fully saturated rings. The van der Waals surface area contributed by atoms with Crippen molar-refractivity contribution in [3.8, 4) is 0 Å². The smallest absolute Gasteiger partial charge is 0.0972 e. The van der Waals surface area contributed by atoms with E-state index in [1.807, 2.05) is 0 Å². The summed E-state index contributed by atoms with van der Waals surface area (Å²) in [4.78, 5) is 0. The van der Waals surface area contributed by atoms with E-state index in [9.17, 15) is 0 Å². The van der Waals surface area contributed by atoms with Crippen LogP contribution in [-0.2, 0) is 0 Å². The minimum Gasteiger partial charge on any atom is -0.107 e. The van der Waals surface area contributed by atoms with E-state index in [1.165, 1.54) is 32.1 Å². The lowest BCUT2D eigenvalue weighted by atomic mass is 9.89. The fourth-order valence-corrected chi connectivity index (χ4v) is 3.69. The Morgan fingerprint density at radius 3 is 2.53 bits per heavy atom. The van der Waals surface area contributed by atoms with Crippen LogP contribution >= 0.6 is 23.2 Å². The van der Waals surface area contributed by atoms with Gasteiger partial charge in [0.1, 0.15) is 0 Å². The molecule has 3 atom stereocenters. The summed E-state index contributed by atoms with van der Waals surface area (Å²) in [6.45, 7) is 0. The largest absolute Gasteiger partial charge is 0.107 e. The second kappa shape index (κ2) is 4.81. The Hall–Kier alpha value is 0.537. The standard InChI is InChI=1S/C12H20Cl2Si/c13-12(14,15)6-2-1-3-10-7-9-4-5-11(10)8-9/h4-5,9-11H,1-3,6-8H2,15H3. The quantitative estimate of drug-likeness (QED) is 0.309. The predicted octanol–water partition coefficient (Wildman–Crippen LogP) is 3.26. The van der Waals surface area contributed by atoms with Crippen molar-refractivity contribution in [1.29, 1.82) is 0 Å². The first-order chi connectivity index (χ1) is 7.04. The van der Waals surface area contributed by atoms with Gasteiger partial charge in [-0.25, -0.2) is 0 Å². The average molecular weight is 263 g/mol. The van der Waals surface area contributed by atoms with Crippen LogP contribution in [0.2, 0.25) is 0 Å². The molecule has 0 heterocycles. The number of hydrogen-bond donors (Lipinski definition) is 0. The van der Waals surface area contributed by atoms with E-state index in [0.29, 0.717) is 0 Å². The van der Waals surface area contributed by atoms with Gasteiger partial charge in [-0.15, -0.1) is 23.2 Å². The summed E-state index contributed by atoms with van der Waals surface area (Å²) < 4.78 is -0.380. The van der Waals surface area contributed by atoms with Crippen LogP contribution in [-0.4, -0.2) is 14.2 Å². The topological polar surface area (TPSA) is 0 Å². The number of unbranched alkanes of at least 4 members (excludes halogenated alkanes) is 1. The van der Waals surface area contributed by atoms with Crippen LogP contribution in [0.1, 0.15) is 38.5 Å². The summed E-state index contributed by atoms with van der Waals surface area (Å²) in [5.41, 5.74) is 0. The van der Waals surface area contributed by atoms with Gasteiger partial charge in [-0.3, -0.25) is 0 Å². The first-order valence-electron chi connectivity index (χ1n) is 6.11. The van der Waals surface area contributed by atoms with Crippen molar-refractivity contribution in [3.05, 3.63) is 12.2 Å². The van der Waals surface area contributed by atoms with Gasteiger partial charge in [0.05, 0.1) is 3.96 Å². The molecule has 0 aliphatic heterocycles. The maximum atomic E-state index is 6.01. The Kier molecular flexibility index (Phi) is 3.85. The molecule has 3 unspecified atom stereocenters. The Bertz CT molecular complexity index is 244. The normalized spacial score (nSPS) is 34.1. The zero-order chi connectivity index (χ0) is 10.9. The van der Waals surface area contributed by atoms with Crippen molar-refractivity contribution in [2.75, 3.05) is 0 Å². The number of rotatable bonds is 5. The summed E-state index contributed by atoms with van der Waals surface area (Å²) >= 11 is 12.0. The lowest BCUT2D eigenvalue weighted by molar-refractivity contribution is 0.396. The fourth-order valence-electron chi connectivity index (χ4n) is 3.07. The van der Waals surface area contributed by atoms with E-state index >= 15 is 0 Å². The molecule has 2 aliphatic carbocycles. The Morgan fingerprint density at radius 2 is 2.00 bits per heavy atom. The number of alkyl halides is 2. The molecule has 2 aliphatic rings. The van der Waals surface area contributed by atoms with Crippen molar-refractivity contribution in [1.82, 2.24) is 0 Å². The summed E-state index contributed by atoms with van der Waals surface area (Å²) in [6.07, 6.45) is 12.6. The van der Waals surface area contributed by atoms with Crippen LogP contribution in [0.25, 0.3) is 0 Å². The molecule has 1 saturated carbocycles. The number of halogens is 2. The van der Waals surface area contributed by atoms with Gasteiger partial charge in [0, 0.05) is 10.2 Å². The maximum absolute atomic E-state index is 6.01. The highest BCUT2D eigenvalue weighted by Gasteiger charge is 2.34. The van der Waals surface area contributed by atoms with E-state index < -0.39 is 0 Å². The highest BCUT2D eigenvalue weighted by molar-refractivity contribution is 6.65. The Labute approximate surface area is 106 Å². The minimum atomic E-state index is -0.380. The molecule has 0 aromatic rings. The predicted molar refractivity (Wildman–Crippen MR) is 71.7 cm³/mol. The van der Waals surface area contributed by atoms with Gasteiger partial charge in [0.15, 0.2) is 0 Å². The van der Waals surface area contributed by atoms with E-state index in [1.54, 1.807) is 0 Å². The first-order valence-corrected chi connectivity index (χ1v) is 7.86. The summed E-state index contributed by atoms with van der Waals surface area (Å²) in [5.74, 6) is 2.79. The molecule has 0 saturated heterocycles. The minimum absolute atomic E-state index is 0.380. The molecule has 0 amide bonds. The third-order valence-electron chi connectivity index (χ3n) is 3.86. The van der Waals surface area contributed by atoms with Gasteiger partial charge in [-0.2, -0.15) is 0 Å². The van der Waals surface area contributed by atoms with Crippen molar-refractivity contribution < 1.29 is 0 Å².